The lowest BCUT2D eigenvalue weighted by atomic mass is 10.2. The molecule has 0 saturated heterocycles. The standard InChI is InChI=1S/C13H15ClN4O3S3/c1-9(19)16-12-17-18-13(23-12)24(20,21)15-6-7-22-8-10-4-2-3-5-11(10)14/h2-5,15H,6-8H2,1H3,(H,16,17,19). The van der Waals surface area contributed by atoms with Gasteiger partial charge in [0.2, 0.25) is 15.4 Å². The monoisotopic (exact) mass is 406 g/mol. The van der Waals surface area contributed by atoms with Crippen molar-refractivity contribution in [3.8, 4) is 0 Å². The summed E-state index contributed by atoms with van der Waals surface area (Å²) in [6, 6.07) is 7.53. The molecule has 0 radical (unpaired) electrons. The van der Waals surface area contributed by atoms with E-state index in [1.165, 1.54) is 6.92 Å². The highest BCUT2D eigenvalue weighted by atomic mass is 35.5. The summed E-state index contributed by atoms with van der Waals surface area (Å²) >= 11 is 8.43. The number of carbonyl (C=O) groups excluding carboxylic acids is 1. The number of nitrogens with zero attached hydrogens (tertiary/aromatic N) is 2. The quantitative estimate of drug-likeness (QED) is 0.515. The molecule has 2 rings (SSSR count). The van der Waals surface area contributed by atoms with Gasteiger partial charge in [0, 0.05) is 30.0 Å². The molecule has 0 bridgehead atoms. The van der Waals surface area contributed by atoms with Crippen LogP contribution in [-0.4, -0.2) is 36.8 Å². The van der Waals surface area contributed by atoms with Crippen LogP contribution in [0.25, 0.3) is 0 Å². The first-order chi connectivity index (χ1) is 11.4. The Morgan fingerprint density at radius 1 is 1.33 bits per heavy atom. The molecule has 0 aliphatic rings. The molecule has 11 heteroatoms. The van der Waals surface area contributed by atoms with E-state index in [0.29, 0.717) is 16.5 Å². The molecule has 7 nitrogen and oxygen atoms in total. The number of carbonyl (C=O) groups is 1. The number of amides is 1. The van der Waals surface area contributed by atoms with E-state index >= 15 is 0 Å². The Kier molecular flexibility index (Phi) is 6.99. The minimum Gasteiger partial charge on any atom is -0.301 e. The van der Waals surface area contributed by atoms with Gasteiger partial charge < -0.3 is 5.32 Å². The molecule has 0 aliphatic heterocycles. The molecule has 2 N–H and O–H groups in total. The highest BCUT2D eigenvalue weighted by molar-refractivity contribution is 7.98. The van der Waals surface area contributed by atoms with Crippen molar-refractivity contribution < 1.29 is 13.2 Å². The first-order valence-corrected chi connectivity index (χ1v) is 10.6. The summed E-state index contributed by atoms with van der Waals surface area (Å²) in [5.41, 5.74) is 1.01. The average molecular weight is 407 g/mol. The van der Waals surface area contributed by atoms with E-state index in [1.807, 2.05) is 24.3 Å². The van der Waals surface area contributed by atoms with Gasteiger partial charge in [0.25, 0.3) is 10.0 Å². The van der Waals surface area contributed by atoms with Crippen LogP contribution in [0, 0.1) is 0 Å². The second-order valence-electron chi connectivity index (χ2n) is 4.60. The van der Waals surface area contributed by atoms with Gasteiger partial charge in [-0.15, -0.1) is 10.2 Å². The van der Waals surface area contributed by atoms with Crippen LogP contribution in [0.15, 0.2) is 28.6 Å². The van der Waals surface area contributed by atoms with Crippen LogP contribution in [0.4, 0.5) is 5.13 Å². The van der Waals surface area contributed by atoms with Gasteiger partial charge in [-0.1, -0.05) is 41.1 Å². The van der Waals surface area contributed by atoms with Crippen molar-refractivity contribution in [2.75, 3.05) is 17.6 Å². The summed E-state index contributed by atoms with van der Waals surface area (Å²) in [5.74, 6) is 0.952. The molecule has 1 aromatic carbocycles. The number of aromatic nitrogens is 2. The number of nitrogens with one attached hydrogen (secondary N) is 2. The molecule has 0 fully saturated rings. The number of benzene rings is 1. The van der Waals surface area contributed by atoms with Gasteiger partial charge in [-0.2, -0.15) is 11.8 Å². The van der Waals surface area contributed by atoms with E-state index in [4.69, 9.17) is 11.6 Å². The van der Waals surface area contributed by atoms with Crippen molar-refractivity contribution in [1.29, 1.82) is 0 Å². The maximum atomic E-state index is 12.1. The van der Waals surface area contributed by atoms with Crippen LogP contribution in [0.5, 0.6) is 0 Å². The van der Waals surface area contributed by atoms with Crippen LogP contribution < -0.4 is 10.0 Å². The molecule has 1 aromatic heterocycles. The molecule has 1 amide bonds. The Bertz CT molecular complexity index is 810. The number of hydrogen-bond acceptors (Lipinski definition) is 7. The molecular weight excluding hydrogens is 392 g/mol. The summed E-state index contributed by atoms with van der Waals surface area (Å²) in [6.45, 7) is 1.57. The normalized spacial score (nSPS) is 11.4. The fourth-order valence-corrected chi connectivity index (χ4v) is 4.92. The molecule has 2 aromatic rings. The Morgan fingerprint density at radius 3 is 2.79 bits per heavy atom. The van der Waals surface area contributed by atoms with Crippen LogP contribution in [0.2, 0.25) is 5.02 Å². The molecule has 0 unspecified atom stereocenters. The fourth-order valence-electron chi connectivity index (χ4n) is 1.63. The summed E-state index contributed by atoms with van der Waals surface area (Å²) in [5, 5.41) is 10.4. The van der Waals surface area contributed by atoms with E-state index in [1.54, 1.807) is 11.8 Å². The summed E-state index contributed by atoms with van der Waals surface area (Å²) < 4.78 is 26.4. The van der Waals surface area contributed by atoms with Crippen LogP contribution in [0.1, 0.15) is 12.5 Å². The van der Waals surface area contributed by atoms with Gasteiger partial charge in [0.05, 0.1) is 0 Å². The van der Waals surface area contributed by atoms with Gasteiger partial charge in [0.1, 0.15) is 0 Å². The second kappa shape index (κ2) is 8.77. The van der Waals surface area contributed by atoms with Gasteiger partial charge in [-0.05, 0) is 11.6 Å². The Hall–Kier alpha value is -1.20. The molecule has 0 saturated carbocycles. The highest BCUT2D eigenvalue weighted by Crippen LogP contribution is 2.21. The smallest absolute Gasteiger partial charge is 0.269 e. The first-order valence-electron chi connectivity index (χ1n) is 6.80. The molecule has 0 spiro atoms. The minimum atomic E-state index is -3.72. The van der Waals surface area contributed by atoms with Crippen LogP contribution in [-0.2, 0) is 20.6 Å². The first kappa shape index (κ1) is 19.1. The average Bonchev–Trinajstić information content (AvgIpc) is 2.97. The lowest BCUT2D eigenvalue weighted by Crippen LogP contribution is -2.26. The van der Waals surface area contributed by atoms with Gasteiger partial charge in [0.15, 0.2) is 0 Å². The van der Waals surface area contributed by atoms with Crippen molar-refractivity contribution in [2.45, 2.75) is 17.0 Å². The van der Waals surface area contributed by atoms with E-state index in [-0.39, 0.29) is 21.9 Å². The molecular formula is C13H15ClN4O3S3. The Morgan fingerprint density at radius 2 is 2.08 bits per heavy atom. The van der Waals surface area contributed by atoms with Crippen molar-refractivity contribution >= 4 is 55.8 Å². The fraction of sp³-hybridized carbons (Fsp3) is 0.308. The Balaban J connectivity index is 1.79. The summed E-state index contributed by atoms with van der Waals surface area (Å²) in [7, 11) is -3.72. The summed E-state index contributed by atoms with van der Waals surface area (Å²) in [4.78, 5) is 10.9. The van der Waals surface area contributed by atoms with Gasteiger partial charge in [-0.25, -0.2) is 13.1 Å². The molecule has 0 atom stereocenters. The lowest BCUT2D eigenvalue weighted by Gasteiger charge is -2.05. The Labute approximate surface area is 153 Å². The van der Waals surface area contributed by atoms with Crippen LogP contribution >= 0.6 is 34.7 Å². The van der Waals surface area contributed by atoms with E-state index < -0.39 is 10.0 Å². The van der Waals surface area contributed by atoms with Crippen molar-refractivity contribution in [3.63, 3.8) is 0 Å². The highest BCUT2D eigenvalue weighted by Gasteiger charge is 2.19. The molecule has 130 valence electrons. The lowest BCUT2D eigenvalue weighted by molar-refractivity contribution is -0.114. The summed E-state index contributed by atoms with van der Waals surface area (Å²) in [6.07, 6.45) is 0. The maximum Gasteiger partial charge on any atom is 0.269 e. The number of hydrogen-bond donors (Lipinski definition) is 2. The number of sulfonamides is 1. The third kappa shape index (κ3) is 5.71. The van der Waals surface area contributed by atoms with E-state index in [9.17, 15) is 13.2 Å². The minimum absolute atomic E-state index is 0.149. The van der Waals surface area contributed by atoms with Crippen molar-refractivity contribution in [2.24, 2.45) is 0 Å². The molecule has 1 heterocycles. The van der Waals surface area contributed by atoms with Crippen molar-refractivity contribution in [1.82, 2.24) is 14.9 Å². The zero-order valence-corrected chi connectivity index (χ0v) is 15.9. The third-order valence-electron chi connectivity index (χ3n) is 2.67. The molecule has 24 heavy (non-hydrogen) atoms. The van der Waals surface area contributed by atoms with Gasteiger partial charge >= 0.3 is 0 Å². The largest absolute Gasteiger partial charge is 0.301 e. The van der Waals surface area contributed by atoms with Crippen molar-refractivity contribution in [3.05, 3.63) is 34.9 Å². The number of halogens is 1. The zero-order valence-electron chi connectivity index (χ0n) is 12.7. The maximum absolute atomic E-state index is 12.1. The second-order valence-corrected chi connectivity index (χ2v) is 9.03. The number of rotatable bonds is 8. The predicted octanol–water partition coefficient (Wildman–Crippen LogP) is 2.36. The van der Waals surface area contributed by atoms with E-state index in [0.717, 1.165) is 16.9 Å². The topological polar surface area (TPSA) is 101 Å². The van der Waals surface area contributed by atoms with Gasteiger partial charge in [-0.3, -0.25) is 4.79 Å². The number of thioether (sulfide) groups is 1. The zero-order chi connectivity index (χ0) is 17.6. The van der Waals surface area contributed by atoms with E-state index in [2.05, 4.69) is 20.2 Å². The third-order valence-corrected chi connectivity index (χ3v) is 6.72. The number of anilines is 1. The molecule has 0 aliphatic carbocycles. The van der Waals surface area contributed by atoms with Crippen LogP contribution in [0.3, 0.4) is 0 Å². The predicted molar refractivity (Wildman–Crippen MR) is 97.0 cm³/mol. The SMILES string of the molecule is CC(=O)Nc1nnc(S(=O)(=O)NCCSCc2ccccc2Cl)s1.